The van der Waals surface area contributed by atoms with Gasteiger partial charge in [-0.05, 0) is 106 Å². The predicted molar refractivity (Wildman–Crippen MR) is 293 cm³/mol. The fraction of sp³-hybridized carbons (Fsp3) is 0.0968. The molecule has 11 rings (SSSR count). The Bertz CT molecular complexity index is 3450. The Kier molecular flexibility index (Phi) is 10.6. The first-order valence-corrected chi connectivity index (χ1v) is 30.4. The average molecular weight is 899 g/mol. The number of nitrogens with zero attached hydrogens (tertiary/aromatic N) is 2. The van der Waals surface area contributed by atoms with E-state index < -0.39 is 16.1 Å². The van der Waals surface area contributed by atoms with Crippen LogP contribution in [-0.2, 0) is 0 Å². The third-order valence-corrected chi connectivity index (χ3v) is 17.5. The van der Waals surface area contributed by atoms with E-state index in [1.807, 2.05) is 0 Å². The lowest BCUT2D eigenvalue weighted by molar-refractivity contribution is 0.487. The van der Waals surface area contributed by atoms with Gasteiger partial charge in [0.15, 0.2) is 0 Å². The molecule has 10 aromatic carbocycles. The molecule has 1 aliphatic heterocycles. The van der Waals surface area contributed by atoms with Gasteiger partial charge in [-0.25, -0.2) is 0 Å². The molecular formula is C62H54N2OSi2. The lowest BCUT2D eigenvalue weighted by atomic mass is 9.90. The van der Waals surface area contributed by atoms with Crippen molar-refractivity contribution in [1.82, 2.24) is 0 Å². The van der Waals surface area contributed by atoms with E-state index in [1.165, 1.54) is 54.3 Å². The molecule has 0 aromatic heterocycles. The summed E-state index contributed by atoms with van der Waals surface area (Å²) in [5.74, 6) is 1.72. The Hall–Kier alpha value is -7.45. The van der Waals surface area contributed by atoms with Crippen LogP contribution in [0.2, 0.25) is 39.3 Å². The third kappa shape index (κ3) is 7.84. The van der Waals surface area contributed by atoms with E-state index in [9.17, 15) is 0 Å². The first kappa shape index (κ1) is 42.2. The highest BCUT2D eigenvalue weighted by atomic mass is 28.3. The fourth-order valence-electron chi connectivity index (χ4n) is 9.81. The largest absolute Gasteiger partial charge is 0.456 e. The summed E-state index contributed by atoms with van der Waals surface area (Å²) in [4.78, 5) is 4.82. The van der Waals surface area contributed by atoms with Crippen molar-refractivity contribution >= 4 is 82.2 Å². The van der Waals surface area contributed by atoms with Crippen LogP contribution in [0.25, 0.3) is 54.9 Å². The summed E-state index contributed by atoms with van der Waals surface area (Å²) >= 11 is 0. The highest BCUT2D eigenvalue weighted by Gasteiger charge is 2.27. The molecule has 1 heterocycles. The van der Waals surface area contributed by atoms with Crippen molar-refractivity contribution in [3.05, 3.63) is 218 Å². The minimum atomic E-state index is -1.51. The Morgan fingerprint density at radius 1 is 0.328 bits per heavy atom. The molecule has 0 unspecified atom stereocenters. The van der Waals surface area contributed by atoms with Crippen LogP contribution in [0.15, 0.2) is 218 Å². The van der Waals surface area contributed by atoms with E-state index in [-0.39, 0.29) is 0 Å². The Labute approximate surface area is 397 Å². The standard InChI is InChI=1S/C62H54N2OSi2/c1-66(2,3)50-35-30-46(31-36-50)63(58-25-15-13-22-52(58)43-18-9-7-10-19-43)48-29-28-45-40-57-54-39-34-49(42-61(54)65-60-27-17-24-55(62(57)60)56(45)41-48)64(47-32-37-51(38-33-47)67(4,5)6)59-26-16-14-23-53(59)44-20-11-8-12-21-44/h7-42H,1-6H3. The maximum Gasteiger partial charge on any atom is 0.137 e. The summed E-state index contributed by atoms with van der Waals surface area (Å²) in [7, 11) is -3.02. The van der Waals surface area contributed by atoms with Crippen LogP contribution in [0, 0.1) is 0 Å². The molecule has 0 aliphatic carbocycles. The topological polar surface area (TPSA) is 15.7 Å². The van der Waals surface area contributed by atoms with E-state index in [0.29, 0.717) is 0 Å². The Morgan fingerprint density at radius 3 is 1.34 bits per heavy atom. The van der Waals surface area contributed by atoms with Crippen LogP contribution in [0.1, 0.15) is 0 Å². The summed E-state index contributed by atoms with van der Waals surface area (Å²) < 4.78 is 7.03. The molecule has 0 saturated heterocycles. The summed E-state index contributed by atoms with van der Waals surface area (Å²) in [6.07, 6.45) is 0. The molecular weight excluding hydrogens is 845 g/mol. The van der Waals surface area contributed by atoms with Crippen LogP contribution < -0.4 is 24.9 Å². The maximum absolute atomic E-state index is 7.03. The van der Waals surface area contributed by atoms with Gasteiger partial charge in [-0.2, -0.15) is 0 Å². The minimum absolute atomic E-state index is 0.847. The number of hydrogen-bond donors (Lipinski definition) is 0. The van der Waals surface area contributed by atoms with Crippen LogP contribution >= 0.6 is 0 Å². The lowest BCUT2D eigenvalue weighted by Crippen LogP contribution is -2.37. The van der Waals surface area contributed by atoms with E-state index >= 15 is 0 Å². The molecule has 0 fully saturated rings. The van der Waals surface area contributed by atoms with E-state index in [4.69, 9.17) is 4.74 Å². The third-order valence-electron chi connectivity index (χ3n) is 13.4. The highest BCUT2D eigenvalue weighted by molar-refractivity contribution is 6.89. The first-order chi connectivity index (χ1) is 32.5. The van der Waals surface area contributed by atoms with Gasteiger partial charge in [-0.15, -0.1) is 0 Å². The van der Waals surface area contributed by atoms with Crippen molar-refractivity contribution < 1.29 is 4.74 Å². The van der Waals surface area contributed by atoms with Gasteiger partial charge in [-0.1, -0.05) is 189 Å². The van der Waals surface area contributed by atoms with Crippen LogP contribution in [-0.4, -0.2) is 16.1 Å². The fourth-order valence-corrected chi connectivity index (χ4v) is 12.1. The van der Waals surface area contributed by atoms with Gasteiger partial charge in [0.25, 0.3) is 0 Å². The second kappa shape index (κ2) is 16.8. The summed E-state index contributed by atoms with van der Waals surface area (Å²) in [6, 6.07) is 80.1. The van der Waals surface area contributed by atoms with Gasteiger partial charge in [0.1, 0.15) is 11.5 Å². The highest BCUT2D eigenvalue weighted by Crippen LogP contribution is 2.52. The monoisotopic (exact) mass is 898 g/mol. The molecule has 67 heavy (non-hydrogen) atoms. The van der Waals surface area contributed by atoms with Gasteiger partial charge in [-0.3, -0.25) is 0 Å². The molecule has 0 N–H and O–H groups in total. The molecule has 0 atom stereocenters. The van der Waals surface area contributed by atoms with Gasteiger partial charge >= 0.3 is 0 Å². The number of ether oxygens (including phenoxy) is 1. The molecule has 3 nitrogen and oxygen atoms in total. The zero-order valence-corrected chi connectivity index (χ0v) is 41.1. The van der Waals surface area contributed by atoms with Gasteiger partial charge < -0.3 is 14.5 Å². The molecule has 0 bridgehead atoms. The van der Waals surface area contributed by atoms with Crippen molar-refractivity contribution in [3.63, 3.8) is 0 Å². The van der Waals surface area contributed by atoms with Crippen LogP contribution in [0.4, 0.5) is 34.1 Å². The smallest absolute Gasteiger partial charge is 0.137 e. The van der Waals surface area contributed by atoms with E-state index in [0.717, 1.165) is 56.6 Å². The number of para-hydroxylation sites is 2. The maximum atomic E-state index is 7.03. The number of anilines is 6. The second-order valence-corrected chi connectivity index (χ2v) is 30.0. The SMILES string of the molecule is C[Si](C)(C)c1ccc(N(c2ccc3c(c2)Oc2cccc4c2c-3cc2ccc(N(c3ccc([Si](C)(C)C)cc3)c3ccccc3-c3ccccc3)cc24)c2ccccc2-c2ccccc2)cc1. The molecule has 1 aliphatic rings. The Balaban J connectivity index is 1.05. The van der Waals surface area contributed by atoms with Gasteiger partial charge in [0.2, 0.25) is 0 Å². The van der Waals surface area contributed by atoms with E-state index in [2.05, 4.69) is 267 Å². The number of hydrogen-bond acceptors (Lipinski definition) is 3. The molecule has 0 spiro atoms. The molecule has 0 amide bonds. The predicted octanol–water partition coefficient (Wildman–Crippen LogP) is 17.1. The molecule has 5 heteroatoms. The first-order valence-electron chi connectivity index (χ1n) is 23.4. The Morgan fingerprint density at radius 2 is 0.806 bits per heavy atom. The van der Waals surface area contributed by atoms with Crippen LogP contribution in [0.3, 0.4) is 0 Å². The van der Waals surface area contributed by atoms with Crippen molar-refractivity contribution in [3.8, 4) is 44.9 Å². The summed E-state index contributed by atoms with van der Waals surface area (Å²) in [5, 5.41) is 7.56. The molecule has 0 saturated carbocycles. The van der Waals surface area contributed by atoms with Gasteiger partial charge in [0, 0.05) is 50.9 Å². The zero-order valence-electron chi connectivity index (χ0n) is 39.1. The zero-order chi connectivity index (χ0) is 45.9. The summed E-state index contributed by atoms with van der Waals surface area (Å²) in [5.41, 5.74) is 13.6. The quantitative estimate of drug-likeness (QED) is 0.100. The number of fused-ring (bicyclic) bond motifs is 4. The minimum Gasteiger partial charge on any atom is -0.456 e. The van der Waals surface area contributed by atoms with E-state index in [1.54, 1.807) is 0 Å². The molecule has 0 radical (unpaired) electrons. The molecule has 10 aromatic rings. The normalized spacial score (nSPS) is 12.1. The van der Waals surface area contributed by atoms with Crippen LogP contribution in [0.5, 0.6) is 11.5 Å². The van der Waals surface area contributed by atoms with Crippen molar-refractivity contribution in [2.75, 3.05) is 9.80 Å². The summed E-state index contributed by atoms with van der Waals surface area (Å²) in [6.45, 7) is 14.4. The van der Waals surface area contributed by atoms with Crippen molar-refractivity contribution in [2.24, 2.45) is 0 Å². The number of benzene rings is 10. The lowest BCUT2D eigenvalue weighted by Gasteiger charge is -2.30. The second-order valence-electron chi connectivity index (χ2n) is 19.8. The van der Waals surface area contributed by atoms with Gasteiger partial charge in [0.05, 0.1) is 27.5 Å². The average Bonchev–Trinajstić information content (AvgIpc) is 3.35. The number of rotatable bonds is 10. The molecule has 326 valence electrons. The van der Waals surface area contributed by atoms with Crippen molar-refractivity contribution in [1.29, 1.82) is 0 Å². The van der Waals surface area contributed by atoms with Crippen molar-refractivity contribution in [2.45, 2.75) is 39.3 Å².